The molecule has 0 aliphatic carbocycles. The summed E-state index contributed by atoms with van der Waals surface area (Å²) >= 11 is 5.84. The largest absolute Gasteiger partial charge is 0.493 e. The molecule has 0 aliphatic heterocycles. The van der Waals surface area contributed by atoms with Gasteiger partial charge in [0, 0.05) is 11.4 Å². The van der Waals surface area contributed by atoms with Crippen LogP contribution in [0.5, 0.6) is 5.75 Å². The lowest BCUT2D eigenvalue weighted by molar-refractivity contribution is -0.143. The van der Waals surface area contributed by atoms with Crippen LogP contribution in [-0.2, 0) is 9.53 Å². The molecule has 17 heavy (non-hydrogen) atoms. The summed E-state index contributed by atoms with van der Waals surface area (Å²) in [6, 6.07) is 5.47. The molecule has 0 unspecified atom stereocenters. The molecule has 0 radical (unpaired) electrons. The summed E-state index contributed by atoms with van der Waals surface area (Å²) in [5.74, 6) is 0.627. The first-order valence-corrected chi connectivity index (χ1v) is 6.06. The molecule has 94 valence electrons. The lowest BCUT2D eigenvalue weighted by Crippen LogP contribution is -2.07. The van der Waals surface area contributed by atoms with Crippen molar-refractivity contribution in [3.8, 4) is 5.75 Å². The fourth-order valence-electron chi connectivity index (χ4n) is 1.41. The summed E-state index contributed by atoms with van der Waals surface area (Å²) in [4.78, 5) is 11.1. The van der Waals surface area contributed by atoms with Gasteiger partial charge in [0.05, 0.1) is 13.2 Å². The van der Waals surface area contributed by atoms with E-state index in [2.05, 4.69) is 0 Å². The predicted molar refractivity (Wildman–Crippen MR) is 67.6 cm³/mol. The van der Waals surface area contributed by atoms with Crippen LogP contribution in [0.1, 0.15) is 25.3 Å². The van der Waals surface area contributed by atoms with Gasteiger partial charge in [0.2, 0.25) is 0 Å². The van der Waals surface area contributed by atoms with Gasteiger partial charge in [0.15, 0.2) is 0 Å². The van der Waals surface area contributed by atoms with Crippen LogP contribution in [0.25, 0.3) is 0 Å². The van der Waals surface area contributed by atoms with Crippen molar-refractivity contribution in [2.75, 3.05) is 13.2 Å². The van der Waals surface area contributed by atoms with Gasteiger partial charge in [-0.2, -0.15) is 0 Å². The molecule has 0 bridgehead atoms. The third kappa shape index (κ3) is 5.09. The lowest BCUT2D eigenvalue weighted by atomic mass is 10.2. The maximum atomic E-state index is 11.1. The third-order valence-corrected chi connectivity index (χ3v) is 2.46. The molecule has 3 nitrogen and oxygen atoms in total. The zero-order valence-electron chi connectivity index (χ0n) is 10.2. The van der Waals surface area contributed by atoms with Gasteiger partial charge in [-0.05, 0) is 44.0 Å². The summed E-state index contributed by atoms with van der Waals surface area (Å²) in [6.45, 7) is 4.66. The number of hydrogen-bond donors (Lipinski definition) is 0. The predicted octanol–water partition coefficient (Wildman–Crippen LogP) is 3.37. The monoisotopic (exact) mass is 256 g/mol. The number of carbonyl (C=O) groups is 1. The second-order valence-corrected chi connectivity index (χ2v) is 4.10. The SMILES string of the molecule is CCOC(=O)CCCOc1ccc(Cl)cc1C. The highest BCUT2D eigenvalue weighted by Crippen LogP contribution is 2.21. The first-order chi connectivity index (χ1) is 8.13. The molecular formula is C13H17ClO3. The number of aryl methyl sites for hydroxylation is 1. The van der Waals surface area contributed by atoms with Gasteiger partial charge in [-0.3, -0.25) is 4.79 Å². The van der Waals surface area contributed by atoms with E-state index in [1.165, 1.54) is 0 Å². The zero-order chi connectivity index (χ0) is 12.7. The van der Waals surface area contributed by atoms with Crippen molar-refractivity contribution in [3.63, 3.8) is 0 Å². The van der Waals surface area contributed by atoms with Crippen molar-refractivity contribution in [2.45, 2.75) is 26.7 Å². The minimum Gasteiger partial charge on any atom is -0.493 e. The highest BCUT2D eigenvalue weighted by Gasteiger charge is 2.03. The Hall–Kier alpha value is -1.22. The molecule has 1 aromatic carbocycles. The molecular weight excluding hydrogens is 240 g/mol. The fraction of sp³-hybridized carbons (Fsp3) is 0.462. The van der Waals surface area contributed by atoms with E-state index in [0.29, 0.717) is 31.1 Å². The highest BCUT2D eigenvalue weighted by atomic mass is 35.5. The van der Waals surface area contributed by atoms with Crippen molar-refractivity contribution < 1.29 is 14.3 Å². The minimum absolute atomic E-state index is 0.177. The van der Waals surface area contributed by atoms with Crippen LogP contribution in [-0.4, -0.2) is 19.2 Å². The van der Waals surface area contributed by atoms with Crippen LogP contribution in [0.2, 0.25) is 5.02 Å². The van der Waals surface area contributed by atoms with Crippen LogP contribution >= 0.6 is 11.6 Å². The number of esters is 1. The smallest absolute Gasteiger partial charge is 0.305 e. The van der Waals surface area contributed by atoms with Gasteiger partial charge < -0.3 is 9.47 Å². The maximum absolute atomic E-state index is 11.1. The van der Waals surface area contributed by atoms with Gasteiger partial charge >= 0.3 is 5.97 Å². The van der Waals surface area contributed by atoms with Crippen molar-refractivity contribution in [3.05, 3.63) is 28.8 Å². The lowest BCUT2D eigenvalue weighted by Gasteiger charge is -2.08. The van der Waals surface area contributed by atoms with Crippen LogP contribution in [0.3, 0.4) is 0 Å². The molecule has 0 aromatic heterocycles. The van der Waals surface area contributed by atoms with Gasteiger partial charge in [-0.25, -0.2) is 0 Å². The Morgan fingerprint density at radius 1 is 1.41 bits per heavy atom. The van der Waals surface area contributed by atoms with E-state index in [9.17, 15) is 4.79 Å². The molecule has 0 heterocycles. The van der Waals surface area contributed by atoms with E-state index in [1.807, 2.05) is 19.1 Å². The Kier molecular flexibility index (Phi) is 5.84. The summed E-state index contributed by atoms with van der Waals surface area (Å²) in [6.07, 6.45) is 1.04. The summed E-state index contributed by atoms with van der Waals surface area (Å²) in [5.41, 5.74) is 0.994. The Bertz CT molecular complexity index is 377. The fourth-order valence-corrected chi connectivity index (χ4v) is 1.63. The van der Waals surface area contributed by atoms with Gasteiger partial charge in [-0.1, -0.05) is 11.6 Å². The Labute approximate surface area is 107 Å². The third-order valence-electron chi connectivity index (χ3n) is 2.23. The number of carbonyl (C=O) groups excluding carboxylic acids is 1. The molecule has 4 heteroatoms. The average Bonchev–Trinajstić information content (AvgIpc) is 2.27. The van der Waals surface area contributed by atoms with E-state index in [0.717, 1.165) is 11.3 Å². The van der Waals surface area contributed by atoms with Gasteiger partial charge in [-0.15, -0.1) is 0 Å². The second kappa shape index (κ2) is 7.17. The molecule has 0 N–H and O–H groups in total. The van der Waals surface area contributed by atoms with E-state index < -0.39 is 0 Å². The minimum atomic E-state index is -0.177. The first-order valence-electron chi connectivity index (χ1n) is 5.68. The van der Waals surface area contributed by atoms with Crippen molar-refractivity contribution in [2.24, 2.45) is 0 Å². The van der Waals surface area contributed by atoms with Crippen molar-refractivity contribution in [1.29, 1.82) is 0 Å². The quantitative estimate of drug-likeness (QED) is 0.578. The topological polar surface area (TPSA) is 35.5 Å². The Morgan fingerprint density at radius 2 is 2.18 bits per heavy atom. The standard InChI is InChI=1S/C13H17ClO3/c1-3-16-13(15)5-4-8-17-12-7-6-11(14)9-10(12)2/h6-7,9H,3-5,8H2,1-2H3. The highest BCUT2D eigenvalue weighted by molar-refractivity contribution is 6.30. The summed E-state index contributed by atoms with van der Waals surface area (Å²) in [5, 5.41) is 0.696. The Morgan fingerprint density at radius 3 is 2.82 bits per heavy atom. The Balaban J connectivity index is 2.29. The molecule has 0 saturated heterocycles. The normalized spacial score (nSPS) is 10.1. The average molecular weight is 257 g/mol. The molecule has 0 amide bonds. The van der Waals surface area contributed by atoms with Gasteiger partial charge in [0.25, 0.3) is 0 Å². The van der Waals surface area contributed by atoms with Crippen molar-refractivity contribution in [1.82, 2.24) is 0 Å². The zero-order valence-corrected chi connectivity index (χ0v) is 10.9. The van der Waals surface area contributed by atoms with E-state index in [-0.39, 0.29) is 5.97 Å². The van der Waals surface area contributed by atoms with E-state index in [4.69, 9.17) is 21.1 Å². The molecule has 0 aliphatic rings. The molecule has 1 aromatic rings. The van der Waals surface area contributed by atoms with Gasteiger partial charge in [0.1, 0.15) is 5.75 Å². The number of benzene rings is 1. The van der Waals surface area contributed by atoms with Crippen molar-refractivity contribution >= 4 is 17.6 Å². The molecule has 0 fully saturated rings. The number of rotatable bonds is 6. The van der Waals surface area contributed by atoms with E-state index >= 15 is 0 Å². The number of hydrogen-bond acceptors (Lipinski definition) is 3. The van der Waals surface area contributed by atoms with Crippen LogP contribution < -0.4 is 4.74 Å². The molecule has 0 spiro atoms. The number of halogens is 1. The van der Waals surface area contributed by atoms with E-state index in [1.54, 1.807) is 13.0 Å². The second-order valence-electron chi connectivity index (χ2n) is 3.67. The molecule has 0 atom stereocenters. The molecule has 1 rings (SSSR count). The maximum Gasteiger partial charge on any atom is 0.305 e. The molecule has 0 saturated carbocycles. The summed E-state index contributed by atoms with van der Waals surface area (Å²) < 4.78 is 10.4. The van der Waals surface area contributed by atoms with Crippen LogP contribution in [0, 0.1) is 6.92 Å². The first kappa shape index (κ1) is 13.8. The number of ether oxygens (including phenoxy) is 2. The summed E-state index contributed by atoms with van der Waals surface area (Å²) in [7, 11) is 0. The van der Waals surface area contributed by atoms with Crippen LogP contribution in [0.4, 0.5) is 0 Å². The van der Waals surface area contributed by atoms with Crippen LogP contribution in [0.15, 0.2) is 18.2 Å².